The fourth-order valence-electron chi connectivity index (χ4n) is 2.65. The van der Waals surface area contributed by atoms with E-state index >= 15 is 0 Å². The first-order chi connectivity index (χ1) is 9.08. The molecule has 1 atom stereocenters. The van der Waals surface area contributed by atoms with Crippen LogP contribution in [0.3, 0.4) is 0 Å². The fraction of sp³-hybridized carbons (Fsp3) is 0.571. The maximum Gasteiger partial charge on any atom is 0.129 e. The van der Waals surface area contributed by atoms with Gasteiger partial charge in [0, 0.05) is 19.2 Å². The standard InChI is InChI=1S/C14H20F2N2O/c1-19-14(5-2-6-14)9-12(18-17)7-10-3-4-11(15)8-13(10)16/h3-4,8,12,18H,2,5-7,9,17H2,1H3. The molecule has 0 bridgehead atoms. The van der Waals surface area contributed by atoms with E-state index in [-0.39, 0.29) is 11.6 Å². The Labute approximate surface area is 112 Å². The van der Waals surface area contributed by atoms with Crippen LogP contribution in [0.5, 0.6) is 0 Å². The van der Waals surface area contributed by atoms with Crippen molar-refractivity contribution in [3.05, 3.63) is 35.4 Å². The first-order valence-electron chi connectivity index (χ1n) is 6.54. The molecule has 0 heterocycles. The average Bonchev–Trinajstić information content (AvgIpc) is 2.35. The molecule has 1 unspecified atom stereocenters. The highest BCUT2D eigenvalue weighted by molar-refractivity contribution is 5.19. The van der Waals surface area contributed by atoms with Crippen LogP contribution in [0.25, 0.3) is 0 Å². The molecule has 0 saturated heterocycles. The summed E-state index contributed by atoms with van der Waals surface area (Å²) in [5.74, 6) is 4.45. The van der Waals surface area contributed by atoms with Gasteiger partial charge in [-0.3, -0.25) is 11.3 Å². The number of nitrogens with one attached hydrogen (secondary N) is 1. The minimum Gasteiger partial charge on any atom is -0.378 e. The molecule has 1 saturated carbocycles. The van der Waals surface area contributed by atoms with Crippen LogP contribution in [0, 0.1) is 11.6 Å². The lowest BCUT2D eigenvalue weighted by molar-refractivity contribution is -0.0834. The third-order valence-electron chi connectivity index (χ3n) is 4.03. The van der Waals surface area contributed by atoms with Gasteiger partial charge < -0.3 is 4.74 Å². The van der Waals surface area contributed by atoms with Crippen LogP contribution in [0.15, 0.2) is 18.2 Å². The van der Waals surface area contributed by atoms with Crippen molar-refractivity contribution >= 4 is 0 Å². The highest BCUT2D eigenvalue weighted by Gasteiger charge is 2.38. The molecule has 1 aliphatic rings. The molecule has 1 aromatic carbocycles. The van der Waals surface area contributed by atoms with Gasteiger partial charge >= 0.3 is 0 Å². The van der Waals surface area contributed by atoms with E-state index in [4.69, 9.17) is 10.6 Å². The molecule has 1 aliphatic carbocycles. The zero-order valence-corrected chi connectivity index (χ0v) is 11.1. The van der Waals surface area contributed by atoms with Gasteiger partial charge in [0.15, 0.2) is 0 Å². The zero-order valence-electron chi connectivity index (χ0n) is 11.1. The number of ether oxygens (including phenoxy) is 1. The first kappa shape index (κ1) is 14.4. The van der Waals surface area contributed by atoms with Crippen molar-refractivity contribution in [2.45, 2.75) is 43.7 Å². The van der Waals surface area contributed by atoms with Gasteiger partial charge in [-0.1, -0.05) is 6.07 Å². The van der Waals surface area contributed by atoms with Crippen LogP contribution in [0.1, 0.15) is 31.2 Å². The van der Waals surface area contributed by atoms with Gasteiger partial charge in [-0.25, -0.2) is 8.78 Å². The quantitative estimate of drug-likeness (QED) is 0.616. The Kier molecular flexibility index (Phi) is 4.50. The molecule has 5 heteroatoms. The molecule has 19 heavy (non-hydrogen) atoms. The van der Waals surface area contributed by atoms with Crippen LogP contribution in [0.4, 0.5) is 8.78 Å². The Morgan fingerprint density at radius 1 is 1.42 bits per heavy atom. The summed E-state index contributed by atoms with van der Waals surface area (Å²) < 4.78 is 32.0. The van der Waals surface area contributed by atoms with Crippen molar-refractivity contribution in [3.63, 3.8) is 0 Å². The summed E-state index contributed by atoms with van der Waals surface area (Å²) >= 11 is 0. The molecule has 0 amide bonds. The van der Waals surface area contributed by atoms with E-state index < -0.39 is 11.6 Å². The third-order valence-corrected chi connectivity index (χ3v) is 4.03. The van der Waals surface area contributed by atoms with Gasteiger partial charge in [0.2, 0.25) is 0 Å². The number of rotatable bonds is 6. The Balaban J connectivity index is 2.02. The molecular weight excluding hydrogens is 250 g/mol. The molecule has 3 N–H and O–H groups in total. The van der Waals surface area contributed by atoms with E-state index in [9.17, 15) is 8.78 Å². The maximum absolute atomic E-state index is 13.6. The van der Waals surface area contributed by atoms with Crippen molar-refractivity contribution < 1.29 is 13.5 Å². The van der Waals surface area contributed by atoms with E-state index in [0.717, 1.165) is 31.7 Å². The lowest BCUT2D eigenvalue weighted by Gasteiger charge is -2.42. The number of hydrazine groups is 1. The average molecular weight is 270 g/mol. The van der Waals surface area contributed by atoms with Crippen LogP contribution in [0.2, 0.25) is 0 Å². The predicted molar refractivity (Wildman–Crippen MR) is 69.4 cm³/mol. The molecule has 3 nitrogen and oxygen atoms in total. The largest absolute Gasteiger partial charge is 0.378 e. The Morgan fingerprint density at radius 2 is 2.16 bits per heavy atom. The monoisotopic (exact) mass is 270 g/mol. The van der Waals surface area contributed by atoms with Crippen molar-refractivity contribution in [2.75, 3.05) is 7.11 Å². The van der Waals surface area contributed by atoms with Gasteiger partial charge in [-0.2, -0.15) is 0 Å². The lowest BCUT2D eigenvalue weighted by Crippen LogP contribution is -2.48. The lowest BCUT2D eigenvalue weighted by atomic mass is 9.75. The molecule has 0 aliphatic heterocycles. The summed E-state index contributed by atoms with van der Waals surface area (Å²) in [6.45, 7) is 0. The second kappa shape index (κ2) is 5.94. The number of hydrogen-bond donors (Lipinski definition) is 2. The minimum absolute atomic E-state index is 0.0831. The smallest absolute Gasteiger partial charge is 0.129 e. The van der Waals surface area contributed by atoms with Crippen LogP contribution < -0.4 is 11.3 Å². The minimum atomic E-state index is -0.564. The van der Waals surface area contributed by atoms with Gasteiger partial charge in [0.05, 0.1) is 5.60 Å². The van der Waals surface area contributed by atoms with Gasteiger partial charge in [-0.15, -0.1) is 0 Å². The topological polar surface area (TPSA) is 47.3 Å². The molecule has 0 radical (unpaired) electrons. The van der Waals surface area contributed by atoms with Crippen molar-refractivity contribution in [2.24, 2.45) is 5.84 Å². The molecule has 0 spiro atoms. The maximum atomic E-state index is 13.6. The summed E-state index contributed by atoms with van der Waals surface area (Å²) in [5, 5.41) is 0. The van der Waals surface area contributed by atoms with Crippen molar-refractivity contribution in [1.82, 2.24) is 5.43 Å². The third kappa shape index (κ3) is 3.29. The Hall–Kier alpha value is -1.04. The van der Waals surface area contributed by atoms with Gasteiger partial charge in [-0.05, 0) is 43.7 Å². The molecular formula is C14H20F2N2O. The summed E-state index contributed by atoms with van der Waals surface area (Å²) in [7, 11) is 1.70. The number of benzene rings is 1. The predicted octanol–water partition coefficient (Wildman–Crippen LogP) is 2.30. The second-order valence-electron chi connectivity index (χ2n) is 5.25. The molecule has 106 valence electrons. The number of nitrogens with two attached hydrogens (primary N) is 1. The molecule has 1 aromatic rings. The van der Waals surface area contributed by atoms with Crippen LogP contribution in [-0.4, -0.2) is 18.8 Å². The van der Waals surface area contributed by atoms with Crippen molar-refractivity contribution in [3.8, 4) is 0 Å². The van der Waals surface area contributed by atoms with E-state index in [0.29, 0.717) is 12.0 Å². The SMILES string of the molecule is COC1(CC(Cc2ccc(F)cc2F)NN)CCC1. The summed E-state index contributed by atoms with van der Waals surface area (Å²) in [5.41, 5.74) is 3.05. The van der Waals surface area contributed by atoms with E-state index in [1.165, 1.54) is 12.1 Å². The number of methoxy groups -OCH3 is 1. The second-order valence-corrected chi connectivity index (χ2v) is 5.25. The number of hydrogen-bond acceptors (Lipinski definition) is 3. The van der Waals surface area contributed by atoms with E-state index in [2.05, 4.69) is 5.43 Å². The Morgan fingerprint density at radius 3 is 2.63 bits per heavy atom. The molecule has 2 rings (SSSR count). The highest BCUT2D eigenvalue weighted by Crippen LogP contribution is 2.39. The van der Waals surface area contributed by atoms with Gasteiger partial charge in [0.1, 0.15) is 11.6 Å². The first-order valence-corrected chi connectivity index (χ1v) is 6.54. The fourth-order valence-corrected chi connectivity index (χ4v) is 2.65. The van der Waals surface area contributed by atoms with E-state index in [1.807, 2.05) is 0 Å². The summed E-state index contributed by atoms with van der Waals surface area (Å²) in [4.78, 5) is 0. The van der Waals surface area contributed by atoms with Gasteiger partial charge in [0.25, 0.3) is 0 Å². The number of halogens is 2. The molecule has 0 aromatic heterocycles. The summed E-state index contributed by atoms with van der Waals surface area (Å²) in [6, 6.07) is 3.55. The molecule has 1 fully saturated rings. The van der Waals surface area contributed by atoms with E-state index in [1.54, 1.807) is 7.11 Å². The van der Waals surface area contributed by atoms with Crippen LogP contribution >= 0.6 is 0 Å². The highest BCUT2D eigenvalue weighted by atomic mass is 19.1. The summed E-state index contributed by atoms with van der Waals surface area (Å²) in [6.07, 6.45) is 4.32. The Bertz CT molecular complexity index is 430. The van der Waals surface area contributed by atoms with Crippen LogP contribution in [-0.2, 0) is 11.2 Å². The van der Waals surface area contributed by atoms with Crippen molar-refractivity contribution in [1.29, 1.82) is 0 Å². The zero-order chi connectivity index (χ0) is 13.9. The normalized spacial score (nSPS) is 18.9.